The lowest BCUT2D eigenvalue weighted by Gasteiger charge is -2.30. The highest BCUT2D eigenvalue weighted by atomic mass is 16.4. The number of carboxylic acid groups (broad SMARTS) is 1. The Morgan fingerprint density at radius 3 is 1.98 bits per heavy atom. The second-order valence-electron chi connectivity index (χ2n) is 11.3. The maximum absolute atomic E-state index is 13.7. The van der Waals surface area contributed by atoms with Gasteiger partial charge < -0.3 is 42.4 Å². The fourth-order valence-electron chi connectivity index (χ4n) is 4.48. The van der Waals surface area contributed by atoms with Crippen LogP contribution >= 0.6 is 0 Å². The third-order valence-corrected chi connectivity index (χ3v) is 7.69. The molecule has 0 bridgehead atoms. The number of aromatic nitrogens is 2. The van der Waals surface area contributed by atoms with Crippen LogP contribution in [0.3, 0.4) is 0 Å². The van der Waals surface area contributed by atoms with Crippen LogP contribution in [0.5, 0.6) is 0 Å². The number of amides is 5. The quantitative estimate of drug-likeness (QED) is 0.0974. The van der Waals surface area contributed by atoms with Crippen LogP contribution in [0.1, 0.15) is 51.8 Å². The lowest BCUT2D eigenvalue weighted by molar-refractivity contribution is -0.138. The Morgan fingerprint density at radius 2 is 1.41 bits per heavy atom. The van der Waals surface area contributed by atoms with Crippen molar-refractivity contribution in [1.82, 2.24) is 36.6 Å². The highest BCUT2D eigenvalue weighted by molar-refractivity contribution is 5.96. The van der Waals surface area contributed by atoms with E-state index in [9.17, 15) is 28.8 Å². The first-order valence-electron chi connectivity index (χ1n) is 15.3. The van der Waals surface area contributed by atoms with Gasteiger partial charge in [0.25, 0.3) is 0 Å². The first kappa shape index (κ1) is 37.4. The molecule has 1 heterocycles. The third-order valence-electron chi connectivity index (χ3n) is 7.69. The normalized spacial score (nSPS) is 14.8. The molecule has 1 aromatic carbocycles. The van der Waals surface area contributed by atoms with Gasteiger partial charge in [0.15, 0.2) is 0 Å². The fourth-order valence-corrected chi connectivity index (χ4v) is 4.48. The number of hydrogen-bond donors (Lipinski definition) is 8. The van der Waals surface area contributed by atoms with E-state index in [0.29, 0.717) is 18.5 Å². The lowest BCUT2D eigenvalue weighted by atomic mass is 9.94. The Bertz CT molecular complexity index is 1310. The summed E-state index contributed by atoms with van der Waals surface area (Å²) in [7, 11) is 0. The van der Waals surface area contributed by atoms with Crippen molar-refractivity contribution in [2.45, 2.75) is 77.5 Å². The van der Waals surface area contributed by atoms with Crippen LogP contribution < -0.4 is 32.3 Å². The van der Waals surface area contributed by atoms with Gasteiger partial charge in [0.05, 0.1) is 18.9 Å². The summed E-state index contributed by atoms with van der Waals surface area (Å²) in [5.41, 5.74) is 7.60. The molecule has 1 aromatic heterocycles. The van der Waals surface area contributed by atoms with Crippen LogP contribution in [0, 0.1) is 11.8 Å². The number of nitrogens with zero attached hydrogens (tertiary/aromatic N) is 1. The van der Waals surface area contributed by atoms with E-state index in [1.807, 2.05) is 44.2 Å². The molecule has 2 rings (SSSR count). The first-order chi connectivity index (χ1) is 21.9. The average molecular weight is 643 g/mol. The third kappa shape index (κ3) is 12.3. The monoisotopic (exact) mass is 642 g/mol. The van der Waals surface area contributed by atoms with Crippen LogP contribution in [0.4, 0.5) is 0 Å². The van der Waals surface area contributed by atoms with Gasteiger partial charge in [0, 0.05) is 18.3 Å². The molecule has 0 saturated heterocycles. The van der Waals surface area contributed by atoms with Crippen molar-refractivity contribution in [2.75, 3.05) is 13.1 Å². The molecule has 0 radical (unpaired) electrons. The number of carbonyl (C=O) groups is 6. The summed E-state index contributed by atoms with van der Waals surface area (Å²) in [4.78, 5) is 82.9. The highest BCUT2D eigenvalue weighted by Crippen LogP contribution is 2.13. The molecule has 46 heavy (non-hydrogen) atoms. The number of nitrogens with one attached hydrogen (secondary N) is 6. The van der Waals surface area contributed by atoms with Crippen molar-refractivity contribution in [2.24, 2.45) is 17.6 Å². The van der Waals surface area contributed by atoms with Crippen molar-refractivity contribution >= 4 is 35.5 Å². The molecule has 0 aliphatic heterocycles. The maximum atomic E-state index is 13.7. The summed E-state index contributed by atoms with van der Waals surface area (Å²) >= 11 is 0. The molecule has 15 heteroatoms. The molecule has 0 fully saturated rings. The number of rotatable bonds is 19. The first-order valence-corrected chi connectivity index (χ1v) is 15.3. The minimum atomic E-state index is -1.23. The van der Waals surface area contributed by atoms with Gasteiger partial charge in [0.1, 0.15) is 24.7 Å². The number of hydrogen-bond acceptors (Lipinski definition) is 8. The number of H-pyrrole nitrogens is 1. The summed E-state index contributed by atoms with van der Waals surface area (Å²) in [6, 6.07) is 5.05. The van der Waals surface area contributed by atoms with E-state index in [1.54, 1.807) is 13.8 Å². The van der Waals surface area contributed by atoms with Gasteiger partial charge in [-0.2, -0.15) is 0 Å². The van der Waals surface area contributed by atoms with E-state index < -0.39 is 72.8 Å². The zero-order valence-corrected chi connectivity index (χ0v) is 26.7. The van der Waals surface area contributed by atoms with Crippen molar-refractivity contribution < 1.29 is 33.9 Å². The van der Waals surface area contributed by atoms with E-state index in [2.05, 4.69) is 36.6 Å². The second-order valence-corrected chi connectivity index (χ2v) is 11.3. The molecule has 0 spiro atoms. The lowest BCUT2D eigenvalue weighted by Crippen LogP contribution is -2.60. The van der Waals surface area contributed by atoms with Crippen LogP contribution in [0.2, 0.25) is 0 Å². The SMILES string of the molecule is CCC(C)C(NC(=O)C(Cc1cnc[nH]1)NC(=O)C(N)Cc1ccccc1)C(=O)NC(C(=O)NCC(=O)NCC(=O)O)C(C)CC. The predicted molar refractivity (Wildman–Crippen MR) is 169 cm³/mol. The summed E-state index contributed by atoms with van der Waals surface area (Å²) in [5.74, 6) is -5.09. The molecule has 5 amide bonds. The van der Waals surface area contributed by atoms with Gasteiger partial charge in [-0.1, -0.05) is 70.9 Å². The molecule has 15 nitrogen and oxygen atoms in total. The number of aromatic amines is 1. The van der Waals surface area contributed by atoms with E-state index in [1.165, 1.54) is 12.5 Å². The highest BCUT2D eigenvalue weighted by Gasteiger charge is 2.34. The van der Waals surface area contributed by atoms with Crippen molar-refractivity contribution in [3.05, 3.63) is 54.1 Å². The standard InChI is InChI=1S/C31H46N8O7/c1-5-18(3)26(30(45)35-15-24(40)34-16-25(41)42)39-31(46)27(19(4)6-2)38-29(44)23(13-21-14-33-17-36-21)37-28(43)22(32)12-20-10-8-7-9-11-20/h7-11,14,17-19,22-23,26-27H,5-6,12-13,15-16,32H2,1-4H3,(H,33,36)(H,34,40)(H,35,45)(H,37,43)(H,38,44)(H,39,46)(H,41,42). The van der Waals surface area contributed by atoms with E-state index >= 15 is 0 Å². The zero-order valence-electron chi connectivity index (χ0n) is 26.7. The van der Waals surface area contributed by atoms with Gasteiger partial charge in [-0.3, -0.25) is 28.8 Å². The van der Waals surface area contributed by atoms with Gasteiger partial charge in [-0.05, 0) is 23.8 Å². The van der Waals surface area contributed by atoms with Crippen LogP contribution in [-0.4, -0.2) is 87.8 Å². The minimum Gasteiger partial charge on any atom is -0.480 e. The van der Waals surface area contributed by atoms with E-state index in [4.69, 9.17) is 10.8 Å². The maximum Gasteiger partial charge on any atom is 0.322 e. The molecule has 9 N–H and O–H groups in total. The summed E-state index contributed by atoms with van der Waals surface area (Å²) < 4.78 is 0. The Labute approximate surface area is 268 Å². The molecular formula is C31H46N8O7. The van der Waals surface area contributed by atoms with Gasteiger partial charge in [-0.15, -0.1) is 0 Å². The molecular weight excluding hydrogens is 596 g/mol. The Morgan fingerprint density at radius 1 is 0.804 bits per heavy atom. The predicted octanol–water partition coefficient (Wildman–Crippen LogP) is -0.614. The zero-order chi connectivity index (χ0) is 34.2. The molecule has 6 atom stereocenters. The molecule has 0 aliphatic rings. The average Bonchev–Trinajstić information content (AvgIpc) is 3.56. The van der Waals surface area contributed by atoms with Crippen LogP contribution in [-0.2, 0) is 41.6 Å². The van der Waals surface area contributed by atoms with Crippen molar-refractivity contribution in [3.8, 4) is 0 Å². The largest absolute Gasteiger partial charge is 0.480 e. The molecule has 0 saturated carbocycles. The molecule has 6 unspecified atom stereocenters. The van der Waals surface area contributed by atoms with Gasteiger partial charge in [0.2, 0.25) is 29.5 Å². The minimum absolute atomic E-state index is 0.0479. The summed E-state index contributed by atoms with van der Waals surface area (Å²) in [6.45, 7) is 6.11. The molecule has 2 aromatic rings. The van der Waals surface area contributed by atoms with Gasteiger partial charge in [-0.25, -0.2) is 4.98 Å². The number of carbonyl (C=O) groups excluding carboxylic acids is 5. The Balaban J connectivity index is 2.19. The van der Waals surface area contributed by atoms with E-state index in [-0.39, 0.29) is 24.7 Å². The van der Waals surface area contributed by atoms with E-state index in [0.717, 1.165) is 5.56 Å². The number of aliphatic carboxylic acids is 1. The summed E-state index contributed by atoms with van der Waals surface area (Å²) in [6.07, 6.45) is 4.27. The second kappa shape index (κ2) is 18.9. The molecule has 0 aliphatic carbocycles. The summed E-state index contributed by atoms with van der Waals surface area (Å²) in [5, 5.41) is 21.5. The molecule has 252 valence electrons. The van der Waals surface area contributed by atoms with Crippen LogP contribution in [0.15, 0.2) is 42.9 Å². The van der Waals surface area contributed by atoms with Crippen molar-refractivity contribution in [1.29, 1.82) is 0 Å². The number of carboxylic acids is 1. The Hall–Kier alpha value is -4.79. The van der Waals surface area contributed by atoms with Crippen molar-refractivity contribution in [3.63, 3.8) is 0 Å². The fraction of sp³-hybridized carbons (Fsp3) is 0.516. The Kier molecular flexibility index (Phi) is 15.4. The number of nitrogens with two attached hydrogens (primary N) is 1. The smallest absolute Gasteiger partial charge is 0.322 e. The topological polar surface area (TPSA) is 237 Å². The number of benzene rings is 1. The van der Waals surface area contributed by atoms with Crippen LogP contribution in [0.25, 0.3) is 0 Å². The number of imidazole rings is 1. The van der Waals surface area contributed by atoms with Gasteiger partial charge >= 0.3 is 5.97 Å².